The molecule has 4 aliphatic carbocycles. The highest BCUT2D eigenvalue weighted by Gasteiger charge is 2.56. The van der Waals surface area contributed by atoms with Gasteiger partial charge in [0.15, 0.2) is 0 Å². The minimum Gasteiger partial charge on any atom is -0.356 e. The summed E-state index contributed by atoms with van der Waals surface area (Å²) in [7, 11) is 0. The van der Waals surface area contributed by atoms with Crippen molar-refractivity contribution in [1.29, 1.82) is 0 Å². The maximum atomic E-state index is 3.61. The first-order valence-electron chi connectivity index (χ1n) is 12.2. The van der Waals surface area contributed by atoms with Crippen molar-refractivity contribution in [3.8, 4) is 11.1 Å². The van der Waals surface area contributed by atoms with E-state index in [0.717, 1.165) is 23.4 Å². The van der Waals surface area contributed by atoms with Crippen molar-refractivity contribution < 1.29 is 0 Å². The molecule has 4 fully saturated rings. The number of rotatable bonds is 4. The van der Waals surface area contributed by atoms with Crippen LogP contribution in [0.1, 0.15) is 37.7 Å². The summed E-state index contributed by atoms with van der Waals surface area (Å²) in [6.07, 6.45) is 7.34. The van der Waals surface area contributed by atoms with Crippen molar-refractivity contribution in [2.45, 2.75) is 37.5 Å². The molecule has 4 aliphatic rings. The molecule has 2 atom stereocenters. The standard InChI is InChI=1S/C31H29N/c1-2-6-29-22(4-1)5-3-7-30(29)23-8-12-27(13-9-23)32-28-14-10-26(11-15-28)31-18-21-16-24(19-31)25(17-21)20-31/h1-15,21,24-25,32H,16-20H2. The zero-order valence-electron chi connectivity index (χ0n) is 18.4. The molecule has 1 N–H and O–H groups in total. The van der Waals surface area contributed by atoms with Gasteiger partial charge in [0.05, 0.1) is 0 Å². The summed E-state index contributed by atoms with van der Waals surface area (Å²) in [4.78, 5) is 0. The van der Waals surface area contributed by atoms with Crippen LogP contribution in [0.3, 0.4) is 0 Å². The van der Waals surface area contributed by atoms with Crippen molar-refractivity contribution in [2.24, 2.45) is 17.8 Å². The molecule has 0 aliphatic heterocycles. The van der Waals surface area contributed by atoms with Crippen LogP contribution in [0.15, 0.2) is 91.0 Å². The average molecular weight is 416 g/mol. The minimum absolute atomic E-state index is 0.495. The number of anilines is 2. The second-order valence-electron chi connectivity index (χ2n) is 10.6. The third-order valence-electron chi connectivity index (χ3n) is 8.70. The van der Waals surface area contributed by atoms with Gasteiger partial charge < -0.3 is 5.32 Å². The Balaban J connectivity index is 1.11. The number of benzene rings is 4. The molecule has 0 radical (unpaired) electrons. The van der Waals surface area contributed by atoms with E-state index in [1.165, 1.54) is 59.7 Å². The van der Waals surface area contributed by atoms with Crippen molar-refractivity contribution in [3.63, 3.8) is 0 Å². The topological polar surface area (TPSA) is 12.0 Å². The molecule has 0 aromatic heterocycles. The van der Waals surface area contributed by atoms with E-state index in [-0.39, 0.29) is 0 Å². The van der Waals surface area contributed by atoms with Gasteiger partial charge in [-0.2, -0.15) is 0 Å². The van der Waals surface area contributed by atoms with Gasteiger partial charge in [-0.1, -0.05) is 66.7 Å². The van der Waals surface area contributed by atoms with Crippen LogP contribution in [0.5, 0.6) is 0 Å². The molecular weight excluding hydrogens is 386 g/mol. The quantitative estimate of drug-likeness (QED) is 0.353. The van der Waals surface area contributed by atoms with Gasteiger partial charge in [-0.25, -0.2) is 0 Å². The van der Waals surface area contributed by atoms with Gasteiger partial charge in [-0.3, -0.25) is 0 Å². The van der Waals surface area contributed by atoms with Crippen molar-refractivity contribution >= 4 is 22.1 Å². The summed E-state index contributed by atoms with van der Waals surface area (Å²) < 4.78 is 0. The molecule has 0 saturated heterocycles. The molecule has 32 heavy (non-hydrogen) atoms. The van der Waals surface area contributed by atoms with E-state index in [2.05, 4.69) is 96.3 Å². The fourth-order valence-electron chi connectivity index (χ4n) is 7.45. The number of nitrogens with one attached hydrogen (secondary N) is 1. The smallest absolute Gasteiger partial charge is 0.0384 e. The lowest BCUT2D eigenvalue weighted by atomic mass is 9.66. The Hall–Kier alpha value is -3.06. The van der Waals surface area contributed by atoms with Crippen molar-refractivity contribution in [3.05, 3.63) is 96.6 Å². The van der Waals surface area contributed by atoms with Crippen LogP contribution in [0, 0.1) is 17.8 Å². The number of hydrogen-bond donors (Lipinski definition) is 1. The van der Waals surface area contributed by atoms with Crippen LogP contribution >= 0.6 is 0 Å². The fourth-order valence-corrected chi connectivity index (χ4v) is 7.45. The van der Waals surface area contributed by atoms with E-state index >= 15 is 0 Å². The monoisotopic (exact) mass is 415 g/mol. The summed E-state index contributed by atoms with van der Waals surface area (Å²) in [6, 6.07) is 33.4. The molecule has 0 heterocycles. The zero-order valence-corrected chi connectivity index (χ0v) is 18.4. The molecular formula is C31H29N. The Labute approximate surface area is 190 Å². The molecule has 4 bridgehead atoms. The van der Waals surface area contributed by atoms with Gasteiger partial charge in [0, 0.05) is 11.4 Å². The first-order valence-corrected chi connectivity index (χ1v) is 12.2. The molecule has 158 valence electrons. The molecule has 8 rings (SSSR count). The molecule has 1 nitrogen and oxygen atoms in total. The van der Waals surface area contributed by atoms with Gasteiger partial charge in [0.1, 0.15) is 0 Å². The highest BCUT2D eigenvalue weighted by Crippen LogP contribution is 2.64. The number of fused-ring (bicyclic) bond motifs is 1. The Kier molecular flexibility index (Phi) is 4.03. The third kappa shape index (κ3) is 2.91. The molecule has 0 spiro atoms. The minimum atomic E-state index is 0.495. The maximum absolute atomic E-state index is 3.61. The lowest BCUT2D eigenvalue weighted by Gasteiger charge is -2.39. The maximum Gasteiger partial charge on any atom is 0.0384 e. The Morgan fingerprint density at radius 2 is 1.28 bits per heavy atom. The van der Waals surface area contributed by atoms with E-state index in [1.807, 2.05) is 0 Å². The highest BCUT2D eigenvalue weighted by atomic mass is 14.9. The van der Waals surface area contributed by atoms with Crippen LogP contribution in [-0.4, -0.2) is 0 Å². The van der Waals surface area contributed by atoms with Crippen LogP contribution in [0.4, 0.5) is 11.4 Å². The van der Waals surface area contributed by atoms with E-state index in [9.17, 15) is 0 Å². The van der Waals surface area contributed by atoms with Crippen LogP contribution in [0.2, 0.25) is 0 Å². The SMILES string of the molecule is c1ccc2c(-c3ccc(Nc4ccc(C56CC7CC(C5)C(C7)C6)cc4)cc3)cccc2c1. The second kappa shape index (κ2) is 6.97. The van der Waals surface area contributed by atoms with Crippen LogP contribution in [-0.2, 0) is 5.41 Å². The van der Waals surface area contributed by atoms with Gasteiger partial charge in [-0.05, 0) is 107 Å². The van der Waals surface area contributed by atoms with Gasteiger partial charge in [0.2, 0.25) is 0 Å². The molecule has 4 saturated carbocycles. The predicted molar refractivity (Wildman–Crippen MR) is 134 cm³/mol. The van der Waals surface area contributed by atoms with Gasteiger partial charge in [-0.15, -0.1) is 0 Å². The Morgan fingerprint density at radius 1 is 0.625 bits per heavy atom. The van der Waals surface area contributed by atoms with E-state index in [4.69, 9.17) is 0 Å². The average Bonchev–Trinajstić information content (AvgIpc) is 3.26. The lowest BCUT2D eigenvalue weighted by Crippen LogP contribution is -2.31. The van der Waals surface area contributed by atoms with Gasteiger partial charge >= 0.3 is 0 Å². The first-order chi connectivity index (χ1) is 15.8. The first kappa shape index (κ1) is 18.5. The summed E-state index contributed by atoms with van der Waals surface area (Å²) in [5, 5.41) is 6.20. The summed E-state index contributed by atoms with van der Waals surface area (Å²) in [5.41, 5.74) is 6.95. The van der Waals surface area contributed by atoms with Crippen molar-refractivity contribution in [2.75, 3.05) is 5.32 Å². The summed E-state index contributed by atoms with van der Waals surface area (Å²) in [6.45, 7) is 0. The van der Waals surface area contributed by atoms with Crippen LogP contribution < -0.4 is 5.32 Å². The zero-order chi connectivity index (χ0) is 21.1. The molecule has 4 aromatic carbocycles. The van der Waals surface area contributed by atoms with Crippen molar-refractivity contribution in [1.82, 2.24) is 0 Å². The Bertz CT molecular complexity index is 1260. The van der Waals surface area contributed by atoms with Gasteiger partial charge in [0.25, 0.3) is 0 Å². The van der Waals surface area contributed by atoms with E-state index in [0.29, 0.717) is 5.41 Å². The highest BCUT2D eigenvalue weighted by molar-refractivity contribution is 5.96. The fraction of sp³-hybridized carbons (Fsp3) is 0.290. The Morgan fingerprint density at radius 3 is 2.00 bits per heavy atom. The largest absolute Gasteiger partial charge is 0.356 e. The van der Waals surface area contributed by atoms with E-state index in [1.54, 1.807) is 5.56 Å². The normalized spacial score (nSPS) is 27.8. The third-order valence-corrected chi connectivity index (χ3v) is 8.70. The molecule has 1 heteroatoms. The predicted octanol–water partition coefficient (Wildman–Crippen LogP) is 8.33. The van der Waals surface area contributed by atoms with Crippen LogP contribution in [0.25, 0.3) is 21.9 Å². The second-order valence-corrected chi connectivity index (χ2v) is 10.6. The summed E-state index contributed by atoms with van der Waals surface area (Å²) >= 11 is 0. The molecule has 2 unspecified atom stereocenters. The number of hydrogen-bond acceptors (Lipinski definition) is 1. The molecule has 0 amide bonds. The van der Waals surface area contributed by atoms with E-state index < -0.39 is 0 Å². The lowest BCUT2D eigenvalue weighted by molar-refractivity contribution is 0.229. The molecule has 4 aromatic rings. The summed E-state index contributed by atoms with van der Waals surface area (Å²) in [5.74, 6) is 3.05.